The van der Waals surface area contributed by atoms with E-state index in [1.165, 1.54) is 5.56 Å². The summed E-state index contributed by atoms with van der Waals surface area (Å²) >= 11 is 7.07. The summed E-state index contributed by atoms with van der Waals surface area (Å²) in [5.74, 6) is 0.829. The molecule has 3 nitrogen and oxygen atoms in total. The zero-order valence-corrected chi connectivity index (χ0v) is 13.9. The highest BCUT2D eigenvalue weighted by molar-refractivity contribution is 9.11. The lowest BCUT2D eigenvalue weighted by molar-refractivity contribution is 0.109. The van der Waals surface area contributed by atoms with E-state index in [9.17, 15) is 0 Å². The Morgan fingerprint density at radius 1 is 1.11 bits per heavy atom. The largest absolute Gasteiger partial charge is 0.489 e. The van der Waals surface area contributed by atoms with E-state index in [2.05, 4.69) is 56.2 Å². The van der Waals surface area contributed by atoms with E-state index in [1.807, 2.05) is 6.92 Å². The SMILES string of the molecule is CCNCc1cc(Br)c(OCCOCC)c(Br)c1. The highest BCUT2D eigenvalue weighted by Gasteiger charge is 2.08. The van der Waals surface area contributed by atoms with Crippen LogP contribution in [0.3, 0.4) is 0 Å². The van der Waals surface area contributed by atoms with Crippen LogP contribution in [-0.4, -0.2) is 26.4 Å². The Bertz CT molecular complexity index is 349. The highest BCUT2D eigenvalue weighted by atomic mass is 79.9. The van der Waals surface area contributed by atoms with Crippen molar-refractivity contribution in [2.24, 2.45) is 0 Å². The molecule has 0 spiro atoms. The number of nitrogens with one attached hydrogen (secondary N) is 1. The van der Waals surface area contributed by atoms with E-state index in [1.54, 1.807) is 0 Å². The predicted molar refractivity (Wildman–Crippen MR) is 81.2 cm³/mol. The third-order valence-corrected chi connectivity index (χ3v) is 3.49. The second kappa shape index (κ2) is 8.91. The summed E-state index contributed by atoms with van der Waals surface area (Å²) in [5, 5.41) is 3.30. The minimum absolute atomic E-state index is 0.553. The highest BCUT2D eigenvalue weighted by Crippen LogP contribution is 2.34. The van der Waals surface area contributed by atoms with Crippen molar-refractivity contribution in [3.05, 3.63) is 26.6 Å². The fourth-order valence-corrected chi connectivity index (χ4v) is 2.98. The van der Waals surface area contributed by atoms with Gasteiger partial charge in [0.1, 0.15) is 12.4 Å². The second-order valence-electron chi connectivity index (χ2n) is 3.71. The number of ether oxygens (including phenoxy) is 2. The van der Waals surface area contributed by atoms with E-state index < -0.39 is 0 Å². The van der Waals surface area contributed by atoms with Crippen molar-refractivity contribution in [2.45, 2.75) is 20.4 Å². The monoisotopic (exact) mass is 379 g/mol. The van der Waals surface area contributed by atoms with E-state index in [4.69, 9.17) is 9.47 Å². The number of rotatable bonds is 8. The second-order valence-corrected chi connectivity index (χ2v) is 5.42. The molecule has 0 aliphatic rings. The summed E-state index contributed by atoms with van der Waals surface area (Å²) in [6.45, 7) is 7.75. The van der Waals surface area contributed by atoms with Gasteiger partial charge in [0.05, 0.1) is 15.6 Å². The van der Waals surface area contributed by atoms with Crippen LogP contribution in [0.25, 0.3) is 0 Å². The Morgan fingerprint density at radius 2 is 1.78 bits per heavy atom. The maximum Gasteiger partial charge on any atom is 0.147 e. The van der Waals surface area contributed by atoms with Crippen LogP contribution in [0.5, 0.6) is 5.75 Å². The van der Waals surface area contributed by atoms with E-state index in [0.29, 0.717) is 19.8 Å². The van der Waals surface area contributed by atoms with Gasteiger partial charge in [-0.15, -0.1) is 0 Å². The third-order valence-electron chi connectivity index (χ3n) is 2.32. The zero-order valence-electron chi connectivity index (χ0n) is 10.8. The number of hydrogen-bond donors (Lipinski definition) is 1. The summed E-state index contributed by atoms with van der Waals surface area (Å²) in [5.41, 5.74) is 1.22. The molecular formula is C13H19Br2NO2. The fraction of sp³-hybridized carbons (Fsp3) is 0.538. The third kappa shape index (κ3) is 5.26. The molecule has 0 aromatic heterocycles. The Kier molecular flexibility index (Phi) is 7.90. The van der Waals surface area contributed by atoms with Gasteiger partial charge in [-0.2, -0.15) is 0 Å². The topological polar surface area (TPSA) is 30.5 Å². The lowest BCUT2D eigenvalue weighted by atomic mass is 10.2. The molecule has 0 saturated heterocycles. The Hall–Kier alpha value is -0.100. The van der Waals surface area contributed by atoms with Gasteiger partial charge in [-0.25, -0.2) is 0 Å². The molecule has 0 atom stereocenters. The van der Waals surface area contributed by atoms with Gasteiger partial charge in [-0.05, 0) is 63.0 Å². The van der Waals surface area contributed by atoms with E-state index in [-0.39, 0.29) is 0 Å². The van der Waals surface area contributed by atoms with Crippen molar-refractivity contribution in [1.82, 2.24) is 5.32 Å². The van der Waals surface area contributed by atoms with Crippen molar-refractivity contribution in [3.63, 3.8) is 0 Å². The molecule has 1 aromatic rings. The Labute approximate surface area is 125 Å². The maximum absolute atomic E-state index is 5.69. The van der Waals surface area contributed by atoms with Crippen molar-refractivity contribution in [1.29, 1.82) is 0 Å². The molecule has 0 fully saturated rings. The lowest BCUT2D eigenvalue weighted by Gasteiger charge is -2.12. The molecule has 0 bridgehead atoms. The van der Waals surface area contributed by atoms with Crippen LogP contribution in [0.4, 0.5) is 0 Å². The Balaban J connectivity index is 2.62. The molecule has 18 heavy (non-hydrogen) atoms. The van der Waals surface area contributed by atoms with Crippen LogP contribution in [0.15, 0.2) is 21.1 Å². The summed E-state index contributed by atoms with van der Waals surface area (Å²) in [6, 6.07) is 4.15. The number of hydrogen-bond acceptors (Lipinski definition) is 3. The van der Waals surface area contributed by atoms with Crippen molar-refractivity contribution < 1.29 is 9.47 Å². The minimum Gasteiger partial charge on any atom is -0.489 e. The first-order valence-electron chi connectivity index (χ1n) is 6.08. The molecule has 0 radical (unpaired) electrons. The normalized spacial score (nSPS) is 10.7. The van der Waals surface area contributed by atoms with Gasteiger partial charge >= 0.3 is 0 Å². The first kappa shape index (κ1) is 16.0. The summed E-state index contributed by atoms with van der Waals surface area (Å²) in [4.78, 5) is 0. The smallest absolute Gasteiger partial charge is 0.147 e. The molecule has 5 heteroatoms. The van der Waals surface area contributed by atoms with Crippen LogP contribution >= 0.6 is 31.9 Å². The van der Waals surface area contributed by atoms with Crippen molar-refractivity contribution in [2.75, 3.05) is 26.4 Å². The molecule has 0 unspecified atom stereocenters. The molecular weight excluding hydrogens is 362 g/mol. The van der Waals surface area contributed by atoms with Crippen LogP contribution in [-0.2, 0) is 11.3 Å². The molecule has 0 saturated carbocycles. The quantitative estimate of drug-likeness (QED) is 0.697. The molecule has 0 aliphatic heterocycles. The van der Waals surface area contributed by atoms with Crippen LogP contribution in [0.1, 0.15) is 19.4 Å². The summed E-state index contributed by atoms with van der Waals surface area (Å²) < 4.78 is 12.9. The molecule has 1 N–H and O–H groups in total. The van der Waals surface area contributed by atoms with Gasteiger partial charge < -0.3 is 14.8 Å². The summed E-state index contributed by atoms with van der Waals surface area (Å²) in [6.07, 6.45) is 0. The molecule has 102 valence electrons. The van der Waals surface area contributed by atoms with Gasteiger partial charge in [-0.1, -0.05) is 6.92 Å². The molecule has 1 rings (SSSR count). The van der Waals surface area contributed by atoms with Gasteiger partial charge in [-0.3, -0.25) is 0 Å². The number of benzene rings is 1. The van der Waals surface area contributed by atoms with Gasteiger partial charge in [0.15, 0.2) is 0 Å². The lowest BCUT2D eigenvalue weighted by Crippen LogP contribution is -2.12. The zero-order chi connectivity index (χ0) is 13.4. The standard InChI is InChI=1S/C13H19Br2NO2/c1-3-16-9-10-7-11(14)13(12(15)8-10)18-6-5-17-4-2/h7-8,16H,3-6,9H2,1-2H3. The predicted octanol–water partition coefficient (Wildman–Crippen LogP) is 3.74. The fourth-order valence-electron chi connectivity index (χ4n) is 1.47. The maximum atomic E-state index is 5.69. The molecule has 0 heterocycles. The van der Waals surface area contributed by atoms with E-state index >= 15 is 0 Å². The van der Waals surface area contributed by atoms with Crippen LogP contribution in [0.2, 0.25) is 0 Å². The van der Waals surface area contributed by atoms with E-state index in [0.717, 1.165) is 27.8 Å². The minimum atomic E-state index is 0.553. The number of halogens is 2. The van der Waals surface area contributed by atoms with Gasteiger partial charge in [0, 0.05) is 13.2 Å². The average Bonchev–Trinajstić information content (AvgIpc) is 2.34. The average molecular weight is 381 g/mol. The van der Waals surface area contributed by atoms with Crippen molar-refractivity contribution in [3.8, 4) is 5.75 Å². The molecule has 0 aliphatic carbocycles. The first-order valence-corrected chi connectivity index (χ1v) is 7.66. The molecule has 0 amide bonds. The molecule has 1 aromatic carbocycles. The van der Waals surface area contributed by atoms with Crippen LogP contribution < -0.4 is 10.1 Å². The van der Waals surface area contributed by atoms with Crippen LogP contribution in [0, 0.1) is 0 Å². The Morgan fingerprint density at radius 3 is 2.33 bits per heavy atom. The van der Waals surface area contributed by atoms with Gasteiger partial charge in [0.25, 0.3) is 0 Å². The van der Waals surface area contributed by atoms with Crippen molar-refractivity contribution >= 4 is 31.9 Å². The first-order chi connectivity index (χ1) is 8.69. The van der Waals surface area contributed by atoms with Gasteiger partial charge in [0.2, 0.25) is 0 Å². The summed E-state index contributed by atoms with van der Waals surface area (Å²) in [7, 11) is 0.